The number of para-hydroxylation sites is 1. The molecule has 3 N–H and O–H groups in total. The quantitative estimate of drug-likeness (QED) is 0.452. The summed E-state index contributed by atoms with van der Waals surface area (Å²) < 4.78 is 0. The van der Waals surface area contributed by atoms with Gasteiger partial charge >= 0.3 is 0 Å². The summed E-state index contributed by atoms with van der Waals surface area (Å²) in [6, 6.07) is 8.16. The molecule has 0 amide bonds. The lowest BCUT2D eigenvalue weighted by Gasteiger charge is -2.21. The Morgan fingerprint density at radius 2 is 2.00 bits per heavy atom. The molecule has 0 fully saturated rings. The van der Waals surface area contributed by atoms with Crippen LogP contribution in [0.5, 0.6) is 0 Å². The third-order valence-electron chi connectivity index (χ3n) is 2.79. The smallest absolute Gasteiger partial charge is 0.187 e. The van der Waals surface area contributed by atoms with Crippen LogP contribution in [0.2, 0.25) is 0 Å². The van der Waals surface area contributed by atoms with Crippen molar-refractivity contribution in [2.45, 2.75) is 33.2 Å². The Kier molecular flexibility index (Phi) is 4.09. The number of aryl methyl sites for hydroxylation is 1. The van der Waals surface area contributed by atoms with Crippen LogP contribution in [0, 0.1) is 6.92 Å². The van der Waals surface area contributed by atoms with E-state index in [-0.39, 0.29) is 5.54 Å². The molecule has 1 aromatic carbocycles. The summed E-state index contributed by atoms with van der Waals surface area (Å²) in [5, 5.41) is 9.04. The summed E-state index contributed by atoms with van der Waals surface area (Å²) in [4.78, 5) is 3.34. The second kappa shape index (κ2) is 5.63. The van der Waals surface area contributed by atoms with E-state index in [4.69, 9.17) is 12.2 Å². The molecule has 0 aliphatic carbocycles. The molecule has 0 bridgehead atoms. The highest BCUT2D eigenvalue weighted by Gasteiger charge is 2.10. The Hall–Kier alpha value is -1.88. The molecule has 1 heterocycles. The van der Waals surface area contributed by atoms with E-state index >= 15 is 0 Å². The molecule has 106 valence electrons. The number of nitrogens with one attached hydrogen (secondary N) is 3. The van der Waals surface area contributed by atoms with Gasteiger partial charge in [0.1, 0.15) is 0 Å². The van der Waals surface area contributed by atoms with Crippen LogP contribution in [0.1, 0.15) is 32.0 Å². The first-order chi connectivity index (χ1) is 9.37. The average molecular weight is 288 g/mol. The molecule has 0 aliphatic rings. The van der Waals surface area contributed by atoms with Crippen molar-refractivity contribution in [1.82, 2.24) is 15.7 Å². The molecule has 2 aromatic rings. The molecule has 0 radical (unpaired) electrons. The van der Waals surface area contributed by atoms with Gasteiger partial charge in [-0.15, -0.1) is 0 Å². The molecule has 0 atom stereocenters. The number of rotatable bonds is 2. The number of hydrogen-bond donors (Lipinski definition) is 3. The fourth-order valence-corrected chi connectivity index (χ4v) is 2.35. The van der Waals surface area contributed by atoms with Gasteiger partial charge in [-0.05, 0) is 46.0 Å². The highest BCUT2D eigenvalue weighted by atomic mass is 32.1. The minimum atomic E-state index is -0.0731. The molecular formula is C15H20N4S. The van der Waals surface area contributed by atoms with Crippen molar-refractivity contribution in [2.24, 2.45) is 5.10 Å². The molecule has 4 nitrogen and oxygen atoms in total. The van der Waals surface area contributed by atoms with E-state index in [9.17, 15) is 0 Å². The van der Waals surface area contributed by atoms with E-state index in [1.54, 1.807) is 6.21 Å². The van der Waals surface area contributed by atoms with Gasteiger partial charge < -0.3 is 10.3 Å². The Morgan fingerprint density at radius 1 is 1.30 bits per heavy atom. The third-order valence-corrected chi connectivity index (χ3v) is 2.99. The van der Waals surface area contributed by atoms with Crippen LogP contribution in [0.25, 0.3) is 10.9 Å². The summed E-state index contributed by atoms with van der Waals surface area (Å²) in [5.74, 6) is 0. The van der Waals surface area contributed by atoms with Crippen LogP contribution >= 0.6 is 12.2 Å². The lowest BCUT2D eigenvalue weighted by molar-refractivity contribution is 0.508. The van der Waals surface area contributed by atoms with E-state index < -0.39 is 0 Å². The fourth-order valence-electron chi connectivity index (χ4n) is 1.99. The van der Waals surface area contributed by atoms with Crippen molar-refractivity contribution >= 4 is 34.4 Å². The lowest BCUT2D eigenvalue weighted by atomic mass is 10.1. The highest BCUT2D eigenvalue weighted by molar-refractivity contribution is 7.80. The number of hydrazone groups is 1. The Balaban J connectivity index is 2.11. The van der Waals surface area contributed by atoms with Crippen molar-refractivity contribution in [1.29, 1.82) is 0 Å². The third kappa shape index (κ3) is 3.57. The first kappa shape index (κ1) is 14.5. The van der Waals surface area contributed by atoms with E-state index in [1.165, 1.54) is 0 Å². The zero-order valence-electron chi connectivity index (χ0n) is 12.2. The number of benzene rings is 1. The molecule has 0 saturated carbocycles. The van der Waals surface area contributed by atoms with Crippen LogP contribution in [0.3, 0.4) is 0 Å². The standard InChI is InChI=1S/C15H20N4S/c1-10-12(11-7-5-6-8-13(11)17-10)9-16-19-14(20)18-15(2,3)4/h5-9,17H,1-4H3,(H2,18,19,20)/b16-9+. The molecule has 0 aliphatic heterocycles. The van der Waals surface area contributed by atoms with Crippen LogP contribution < -0.4 is 10.7 Å². The van der Waals surface area contributed by atoms with Gasteiger partial charge in [-0.1, -0.05) is 18.2 Å². The predicted octanol–water partition coefficient (Wildman–Crippen LogP) is 3.07. The van der Waals surface area contributed by atoms with Gasteiger partial charge in [0.2, 0.25) is 0 Å². The van der Waals surface area contributed by atoms with E-state index in [0.29, 0.717) is 5.11 Å². The maximum atomic E-state index is 5.18. The molecular weight excluding hydrogens is 268 g/mol. The number of thiocarbonyl (C=S) groups is 1. The second-order valence-electron chi connectivity index (χ2n) is 5.78. The predicted molar refractivity (Wildman–Crippen MR) is 89.3 cm³/mol. The fraction of sp³-hybridized carbons (Fsp3) is 0.333. The van der Waals surface area contributed by atoms with E-state index in [1.807, 2.05) is 19.1 Å². The van der Waals surface area contributed by atoms with Crippen molar-refractivity contribution in [3.05, 3.63) is 35.5 Å². The van der Waals surface area contributed by atoms with Crippen molar-refractivity contribution in [2.75, 3.05) is 0 Å². The van der Waals surface area contributed by atoms with Crippen molar-refractivity contribution in [3.8, 4) is 0 Å². The summed E-state index contributed by atoms with van der Waals surface area (Å²) in [7, 11) is 0. The zero-order chi connectivity index (χ0) is 14.8. The van der Waals surface area contributed by atoms with Gasteiger partial charge in [0.25, 0.3) is 0 Å². The van der Waals surface area contributed by atoms with Gasteiger partial charge in [0.05, 0.1) is 6.21 Å². The number of aromatic nitrogens is 1. The van der Waals surface area contributed by atoms with Gasteiger partial charge in [-0.25, -0.2) is 0 Å². The van der Waals surface area contributed by atoms with Gasteiger partial charge in [-0.3, -0.25) is 5.43 Å². The first-order valence-corrected chi connectivity index (χ1v) is 6.96. The molecule has 2 rings (SSSR count). The zero-order valence-corrected chi connectivity index (χ0v) is 13.1. The Morgan fingerprint density at radius 3 is 2.70 bits per heavy atom. The molecule has 5 heteroatoms. The van der Waals surface area contributed by atoms with E-state index in [0.717, 1.165) is 22.2 Å². The Labute approximate surface area is 124 Å². The molecule has 1 aromatic heterocycles. The van der Waals surface area contributed by atoms with Gasteiger partial charge in [0.15, 0.2) is 5.11 Å². The van der Waals surface area contributed by atoms with Crippen molar-refractivity contribution < 1.29 is 0 Å². The summed E-state index contributed by atoms with van der Waals surface area (Å²) in [5.41, 5.74) is 6.05. The summed E-state index contributed by atoms with van der Waals surface area (Å²) in [6.07, 6.45) is 1.80. The molecule has 0 unspecified atom stereocenters. The monoisotopic (exact) mass is 288 g/mol. The van der Waals surface area contributed by atoms with Crippen LogP contribution in [-0.2, 0) is 0 Å². The van der Waals surface area contributed by atoms with Crippen LogP contribution in [0.4, 0.5) is 0 Å². The maximum absolute atomic E-state index is 5.18. The summed E-state index contributed by atoms with van der Waals surface area (Å²) >= 11 is 5.18. The average Bonchev–Trinajstić information content (AvgIpc) is 2.64. The summed E-state index contributed by atoms with van der Waals surface area (Å²) in [6.45, 7) is 8.19. The van der Waals surface area contributed by atoms with Crippen LogP contribution in [0.15, 0.2) is 29.4 Å². The van der Waals surface area contributed by atoms with E-state index in [2.05, 4.69) is 53.7 Å². The number of fused-ring (bicyclic) bond motifs is 1. The number of aromatic amines is 1. The van der Waals surface area contributed by atoms with Gasteiger partial charge in [-0.2, -0.15) is 5.10 Å². The van der Waals surface area contributed by atoms with Crippen LogP contribution in [-0.4, -0.2) is 21.8 Å². The molecule has 20 heavy (non-hydrogen) atoms. The first-order valence-electron chi connectivity index (χ1n) is 6.55. The Bertz CT molecular complexity index is 649. The number of nitrogens with zero attached hydrogens (tertiary/aromatic N) is 1. The minimum absolute atomic E-state index is 0.0731. The number of H-pyrrole nitrogens is 1. The number of hydrogen-bond acceptors (Lipinski definition) is 2. The SMILES string of the molecule is Cc1[nH]c2ccccc2c1/C=N/NC(=S)NC(C)(C)C. The molecule has 0 saturated heterocycles. The lowest BCUT2D eigenvalue weighted by Crippen LogP contribution is -2.44. The second-order valence-corrected chi connectivity index (χ2v) is 6.19. The highest BCUT2D eigenvalue weighted by Crippen LogP contribution is 2.19. The normalized spacial score (nSPS) is 12.0. The largest absolute Gasteiger partial charge is 0.358 e. The van der Waals surface area contributed by atoms with Gasteiger partial charge in [0, 0.05) is 27.7 Å². The minimum Gasteiger partial charge on any atom is -0.358 e. The maximum Gasteiger partial charge on any atom is 0.187 e. The molecule has 0 spiro atoms. The van der Waals surface area contributed by atoms with Crippen molar-refractivity contribution in [3.63, 3.8) is 0 Å². The topological polar surface area (TPSA) is 52.2 Å².